The fourth-order valence-electron chi connectivity index (χ4n) is 10.5. The van der Waals surface area contributed by atoms with Crippen molar-refractivity contribution in [3.63, 3.8) is 0 Å². The number of hydrogen-bond donors (Lipinski definition) is 3. The summed E-state index contributed by atoms with van der Waals surface area (Å²) in [5.41, 5.74) is 0. The molecular weight excluding hydrogens is 1430 g/mol. The maximum Gasteiger partial charge on any atom is 0.472 e. The summed E-state index contributed by atoms with van der Waals surface area (Å²) in [6, 6.07) is 0. The quantitative estimate of drug-likeness (QED) is 0.0169. The first-order valence-corrected chi connectivity index (χ1v) is 45.0. The van der Waals surface area contributed by atoms with Crippen LogP contribution in [0.3, 0.4) is 0 Å². The van der Waals surface area contributed by atoms with Crippen molar-refractivity contribution in [3.8, 4) is 0 Å². The van der Waals surface area contributed by atoms with Crippen LogP contribution in [0, 0.1) is 0 Å². The van der Waals surface area contributed by atoms with E-state index in [4.69, 9.17) is 37.0 Å². The number of hydrogen-bond acceptors (Lipinski definition) is 15. The van der Waals surface area contributed by atoms with Gasteiger partial charge in [-0.3, -0.25) is 37.3 Å². The van der Waals surface area contributed by atoms with Gasteiger partial charge in [-0.2, -0.15) is 0 Å². The molecule has 0 aromatic heterocycles. The molecule has 0 spiro atoms. The van der Waals surface area contributed by atoms with E-state index in [0.29, 0.717) is 38.5 Å². The lowest BCUT2D eigenvalue weighted by Gasteiger charge is -2.21. The average molecular weight is 1580 g/mol. The Morgan fingerprint density at radius 2 is 0.500 bits per heavy atom. The Labute approximate surface area is 666 Å². The molecule has 110 heavy (non-hydrogen) atoms. The van der Waals surface area contributed by atoms with Gasteiger partial charge in [-0.1, -0.05) is 293 Å². The number of phosphoric acid groups is 2. The maximum atomic E-state index is 13.1. The van der Waals surface area contributed by atoms with Crippen molar-refractivity contribution in [2.45, 2.75) is 329 Å². The Morgan fingerprint density at radius 1 is 0.264 bits per heavy atom. The summed E-state index contributed by atoms with van der Waals surface area (Å²) in [7, 11) is -10.0. The minimum absolute atomic E-state index is 0.0300. The van der Waals surface area contributed by atoms with Gasteiger partial charge in [0.15, 0.2) is 12.2 Å². The van der Waals surface area contributed by atoms with Crippen molar-refractivity contribution in [1.29, 1.82) is 0 Å². The first-order chi connectivity index (χ1) is 53.7. The molecule has 0 aliphatic carbocycles. The largest absolute Gasteiger partial charge is 0.472 e. The number of unbranched alkanes of at least 4 members (excludes halogenated alkanes) is 21. The normalized spacial score (nSPS) is 14.7. The van der Waals surface area contributed by atoms with Crippen LogP contribution in [0.25, 0.3) is 0 Å². The Kier molecular flexibility index (Phi) is 76.9. The zero-order chi connectivity index (χ0) is 80.3. The molecule has 0 radical (unpaired) electrons. The predicted molar refractivity (Wildman–Crippen MR) is 454 cm³/mol. The Morgan fingerprint density at radius 3 is 0.845 bits per heavy atom. The van der Waals surface area contributed by atoms with E-state index in [0.717, 1.165) is 154 Å². The monoisotopic (exact) mass is 1580 g/mol. The van der Waals surface area contributed by atoms with Gasteiger partial charge in [-0.25, -0.2) is 9.13 Å². The molecule has 3 N–H and O–H groups in total. The van der Waals surface area contributed by atoms with Gasteiger partial charge in [0.25, 0.3) is 0 Å². The van der Waals surface area contributed by atoms with Gasteiger partial charge in [0.2, 0.25) is 0 Å². The molecule has 624 valence electrons. The van der Waals surface area contributed by atoms with Crippen LogP contribution in [0.4, 0.5) is 0 Å². The summed E-state index contributed by atoms with van der Waals surface area (Å²) in [5.74, 6) is -2.39. The highest BCUT2D eigenvalue weighted by Gasteiger charge is 2.30. The van der Waals surface area contributed by atoms with E-state index >= 15 is 0 Å². The van der Waals surface area contributed by atoms with Gasteiger partial charge in [-0.15, -0.1) is 0 Å². The Balaban J connectivity index is 5.54. The molecule has 0 rings (SSSR count). The molecule has 19 heteroatoms. The van der Waals surface area contributed by atoms with Crippen molar-refractivity contribution in [2.75, 3.05) is 39.6 Å². The highest BCUT2D eigenvalue weighted by atomic mass is 31.2. The molecular formula is C91H148O17P2. The number of aliphatic hydroxyl groups is 1. The molecule has 2 unspecified atom stereocenters. The first-order valence-electron chi connectivity index (χ1n) is 42.0. The summed E-state index contributed by atoms with van der Waals surface area (Å²) in [6.45, 7) is 4.50. The second-order valence-electron chi connectivity index (χ2n) is 27.3. The topological polar surface area (TPSA) is 237 Å². The van der Waals surface area contributed by atoms with Crippen LogP contribution >= 0.6 is 15.6 Å². The molecule has 0 aliphatic rings. The van der Waals surface area contributed by atoms with Crippen molar-refractivity contribution in [2.24, 2.45) is 0 Å². The van der Waals surface area contributed by atoms with E-state index in [-0.39, 0.29) is 25.7 Å². The molecule has 0 amide bonds. The fourth-order valence-corrected chi connectivity index (χ4v) is 12.0. The van der Waals surface area contributed by atoms with Gasteiger partial charge >= 0.3 is 39.5 Å². The van der Waals surface area contributed by atoms with Crippen molar-refractivity contribution in [3.05, 3.63) is 182 Å². The number of carbonyl (C=O) groups excluding carboxylic acids is 4. The third-order valence-electron chi connectivity index (χ3n) is 16.8. The van der Waals surface area contributed by atoms with Crippen LogP contribution in [0.1, 0.15) is 310 Å². The highest BCUT2D eigenvalue weighted by molar-refractivity contribution is 7.47. The van der Waals surface area contributed by atoms with Crippen LogP contribution < -0.4 is 0 Å². The summed E-state index contributed by atoms with van der Waals surface area (Å²) >= 11 is 0. The molecule has 0 saturated carbocycles. The lowest BCUT2D eigenvalue weighted by Crippen LogP contribution is -2.30. The Hall–Kier alpha value is -5.84. The Bertz CT molecular complexity index is 2800. The number of phosphoric ester groups is 2. The van der Waals surface area contributed by atoms with Gasteiger partial charge in [0, 0.05) is 25.7 Å². The van der Waals surface area contributed by atoms with E-state index in [9.17, 15) is 43.2 Å². The molecule has 0 saturated heterocycles. The molecule has 0 fully saturated rings. The molecule has 17 nitrogen and oxygen atoms in total. The first kappa shape index (κ1) is 104. The number of aliphatic hydroxyl groups excluding tert-OH is 1. The van der Waals surface area contributed by atoms with Crippen LogP contribution in [0.5, 0.6) is 0 Å². The van der Waals surface area contributed by atoms with Crippen LogP contribution in [0.2, 0.25) is 0 Å². The lowest BCUT2D eigenvalue weighted by molar-refractivity contribution is -0.161. The zero-order valence-electron chi connectivity index (χ0n) is 68.4. The standard InChI is InChI=1S/C91H148O17P2/c1-5-9-13-17-21-25-29-33-37-40-42-45-49-52-56-60-64-68-72-76-89(94)102-81-86(107-90(95)77-73-69-65-61-57-53-47-36-32-28-24-20-16-12-8-4)83-105-109(97,98)103-79-85(92)80-104-110(99,100)106-84-87(82-101-88(93)75-71-67-63-59-55-51-48-44-39-35-31-27-23-19-15-11-7-3)108-91(96)78-74-70-66-62-58-54-50-46-43-41-38-34-30-26-22-18-14-10-6-2/h10,14,21-23,25-28,32-35,37-39,42-43,45-46,48,51-52,54,56,58-59,63-64,68,85-87,92H,5-9,11-13,15-20,24,29-31,36,40-41,44,47,49-50,53,55,57,60-62,65-67,69-84H2,1-4H3,(H,97,98)(H,99,100)/b14-10-,25-21-,26-22-,27-23-,32-28-,37-33-,38-34-,39-35-,45-42-,46-43-,51-48-,56-52-,58-54-,63-59-,68-64-/t85-,86-,87-/m1/s1. The second kappa shape index (κ2) is 81.2. The number of carbonyl (C=O) groups is 4. The fraction of sp³-hybridized carbons (Fsp3) is 0.626. The minimum Gasteiger partial charge on any atom is -0.462 e. The third kappa shape index (κ3) is 80.2. The third-order valence-corrected chi connectivity index (χ3v) is 18.7. The summed E-state index contributed by atoms with van der Waals surface area (Å²) in [4.78, 5) is 73.2. The molecule has 0 bridgehead atoms. The number of ether oxygens (including phenoxy) is 4. The SMILES string of the molecule is CC/C=C\C/C=C\C/C=C\C/C=C\C/C=C\CCCCCC(=O)O[C@H](COC(=O)CCC/C=C\C/C=C\C/C=C\C/C=C\CCCCC)COP(=O)(O)OC[C@H](O)COP(=O)(O)OC[C@@H](COC(=O)CC/C=C\C/C=C\C/C=C\C/C=C\C/C=C\CCCCC)OC(=O)CCCCCCCCC/C=C\CCCCCC. The number of esters is 4. The van der Waals surface area contributed by atoms with Crippen molar-refractivity contribution < 1.29 is 80.2 Å². The van der Waals surface area contributed by atoms with Gasteiger partial charge in [0.1, 0.15) is 19.3 Å². The van der Waals surface area contributed by atoms with Gasteiger partial charge in [0.05, 0.1) is 26.4 Å². The second-order valence-corrected chi connectivity index (χ2v) is 30.2. The lowest BCUT2D eigenvalue weighted by atomic mass is 10.1. The zero-order valence-corrected chi connectivity index (χ0v) is 70.1. The smallest absolute Gasteiger partial charge is 0.462 e. The number of allylic oxidation sites excluding steroid dienone is 30. The van der Waals surface area contributed by atoms with E-state index in [1.165, 1.54) is 64.2 Å². The maximum absolute atomic E-state index is 13.1. The van der Waals surface area contributed by atoms with Crippen LogP contribution in [-0.2, 0) is 65.4 Å². The highest BCUT2D eigenvalue weighted by Crippen LogP contribution is 2.45. The summed E-state index contributed by atoms with van der Waals surface area (Å²) in [6.07, 6.45) is 98.8. The molecule has 0 heterocycles. The van der Waals surface area contributed by atoms with Gasteiger partial charge < -0.3 is 33.8 Å². The van der Waals surface area contributed by atoms with Gasteiger partial charge in [-0.05, 0) is 173 Å². The van der Waals surface area contributed by atoms with Crippen molar-refractivity contribution in [1.82, 2.24) is 0 Å². The molecule has 5 atom stereocenters. The predicted octanol–water partition coefficient (Wildman–Crippen LogP) is 25.1. The van der Waals surface area contributed by atoms with E-state index in [1.54, 1.807) is 0 Å². The molecule has 0 aliphatic heterocycles. The summed E-state index contributed by atoms with van der Waals surface area (Å²) in [5, 5.41) is 10.7. The van der Waals surface area contributed by atoms with Crippen LogP contribution in [-0.4, -0.2) is 96.7 Å². The van der Waals surface area contributed by atoms with Crippen LogP contribution in [0.15, 0.2) is 182 Å². The van der Waals surface area contributed by atoms with E-state index in [2.05, 4.69) is 186 Å². The minimum atomic E-state index is -5.02. The molecule has 0 aromatic carbocycles. The average Bonchev–Trinajstić information content (AvgIpc) is 0.907. The summed E-state index contributed by atoms with van der Waals surface area (Å²) < 4.78 is 68.6. The molecule has 0 aromatic rings. The van der Waals surface area contributed by atoms with E-state index < -0.39 is 97.5 Å². The van der Waals surface area contributed by atoms with E-state index in [1.807, 2.05) is 24.3 Å². The van der Waals surface area contributed by atoms with Crippen molar-refractivity contribution >= 4 is 39.5 Å². The number of rotatable bonds is 77.